The zero-order valence-electron chi connectivity index (χ0n) is 13.1. The Morgan fingerprint density at radius 3 is 2.52 bits per heavy atom. The van der Waals surface area contributed by atoms with E-state index < -0.39 is 22.8 Å². The van der Waals surface area contributed by atoms with E-state index in [9.17, 15) is 24.8 Å². The van der Waals surface area contributed by atoms with Crippen LogP contribution < -0.4 is 5.32 Å². The number of nitrogens with zero attached hydrogens (tertiary/aromatic N) is 1. The lowest BCUT2D eigenvalue weighted by molar-refractivity contribution is -0.385. The molecule has 0 spiro atoms. The summed E-state index contributed by atoms with van der Waals surface area (Å²) in [6, 6.07) is 3.29. The van der Waals surface area contributed by atoms with Crippen LogP contribution >= 0.6 is 0 Å². The molecule has 124 valence electrons. The fraction of sp³-hybridized carbons (Fsp3) is 0.500. The molecule has 23 heavy (non-hydrogen) atoms. The topological polar surface area (TPSA) is 110 Å². The third-order valence-electron chi connectivity index (χ3n) is 3.98. The summed E-state index contributed by atoms with van der Waals surface area (Å²) in [6.45, 7) is 3.66. The van der Waals surface area contributed by atoms with Crippen LogP contribution in [0.4, 0.5) is 5.69 Å². The number of hydrogen-bond donors (Lipinski definition) is 2. The van der Waals surface area contributed by atoms with E-state index in [0.29, 0.717) is 17.9 Å². The summed E-state index contributed by atoms with van der Waals surface area (Å²) in [4.78, 5) is 34.1. The second kappa shape index (κ2) is 6.76. The number of carboxylic acid groups (broad SMARTS) is 1. The first-order valence-electron chi connectivity index (χ1n) is 7.61. The van der Waals surface area contributed by atoms with Crippen LogP contribution in [0.25, 0.3) is 0 Å². The number of nitrogens with one attached hydrogen (secondary N) is 1. The Balaban J connectivity index is 2.19. The molecule has 0 bridgehead atoms. The molecule has 2 N–H and O–H groups in total. The Hall–Kier alpha value is -2.44. The molecule has 0 radical (unpaired) electrons. The highest BCUT2D eigenvalue weighted by Crippen LogP contribution is 2.33. The van der Waals surface area contributed by atoms with Crippen molar-refractivity contribution in [2.45, 2.75) is 45.1 Å². The van der Waals surface area contributed by atoms with Gasteiger partial charge in [-0.25, -0.2) is 4.79 Å². The zero-order valence-corrected chi connectivity index (χ0v) is 13.1. The maximum atomic E-state index is 12.2. The smallest absolute Gasteiger partial charge is 0.326 e. The minimum absolute atomic E-state index is 0.0471. The number of hydrogen-bond acceptors (Lipinski definition) is 4. The van der Waals surface area contributed by atoms with Gasteiger partial charge in [0, 0.05) is 17.2 Å². The first-order chi connectivity index (χ1) is 10.8. The van der Waals surface area contributed by atoms with E-state index in [1.807, 2.05) is 13.8 Å². The summed E-state index contributed by atoms with van der Waals surface area (Å²) < 4.78 is 0. The SMILES string of the molecule is CC(C)c1ccc(C(=O)NC(CC2CC2)C(=O)O)cc1[N+](=O)[O-]. The Bertz CT molecular complexity index is 637. The zero-order chi connectivity index (χ0) is 17.1. The monoisotopic (exact) mass is 320 g/mol. The number of carboxylic acids is 1. The third kappa shape index (κ3) is 4.28. The highest BCUT2D eigenvalue weighted by atomic mass is 16.6. The van der Waals surface area contributed by atoms with E-state index in [0.717, 1.165) is 12.8 Å². The van der Waals surface area contributed by atoms with Gasteiger partial charge in [0.15, 0.2) is 0 Å². The number of rotatable bonds is 7. The quantitative estimate of drug-likeness (QED) is 0.593. The van der Waals surface area contributed by atoms with Gasteiger partial charge in [-0.15, -0.1) is 0 Å². The van der Waals surface area contributed by atoms with E-state index in [2.05, 4.69) is 5.32 Å². The van der Waals surface area contributed by atoms with E-state index in [4.69, 9.17) is 0 Å². The maximum Gasteiger partial charge on any atom is 0.326 e. The van der Waals surface area contributed by atoms with Crippen LogP contribution in [-0.4, -0.2) is 27.9 Å². The van der Waals surface area contributed by atoms with Gasteiger partial charge in [-0.05, 0) is 24.3 Å². The van der Waals surface area contributed by atoms with Gasteiger partial charge in [0.2, 0.25) is 0 Å². The molecule has 1 aliphatic rings. The fourth-order valence-corrected chi connectivity index (χ4v) is 2.48. The Kier molecular flexibility index (Phi) is 4.98. The van der Waals surface area contributed by atoms with Crippen molar-refractivity contribution >= 4 is 17.6 Å². The molecule has 1 atom stereocenters. The fourth-order valence-electron chi connectivity index (χ4n) is 2.48. The molecule has 0 heterocycles. The normalized spacial score (nSPS) is 15.3. The average molecular weight is 320 g/mol. The molecule has 7 nitrogen and oxygen atoms in total. The van der Waals surface area contributed by atoms with Gasteiger partial charge in [0.25, 0.3) is 11.6 Å². The van der Waals surface area contributed by atoms with Crippen molar-refractivity contribution in [1.29, 1.82) is 0 Å². The molecule has 0 saturated heterocycles. The first kappa shape index (κ1) is 16.9. The minimum Gasteiger partial charge on any atom is -0.480 e. The number of benzene rings is 1. The molecule has 0 aliphatic heterocycles. The number of carbonyl (C=O) groups excluding carboxylic acids is 1. The number of amides is 1. The Labute approximate surface area is 133 Å². The summed E-state index contributed by atoms with van der Waals surface area (Å²) in [5.74, 6) is -1.39. The molecule has 1 fully saturated rings. The van der Waals surface area contributed by atoms with Crippen molar-refractivity contribution in [3.05, 3.63) is 39.4 Å². The second-order valence-corrected chi connectivity index (χ2v) is 6.23. The summed E-state index contributed by atoms with van der Waals surface area (Å²) in [7, 11) is 0. The van der Waals surface area contributed by atoms with Gasteiger partial charge in [-0.3, -0.25) is 14.9 Å². The summed E-state index contributed by atoms with van der Waals surface area (Å²) in [6.07, 6.45) is 2.36. The van der Waals surface area contributed by atoms with Gasteiger partial charge in [0.1, 0.15) is 6.04 Å². The van der Waals surface area contributed by atoms with Crippen molar-refractivity contribution in [1.82, 2.24) is 5.32 Å². The molecule has 1 unspecified atom stereocenters. The Morgan fingerprint density at radius 1 is 1.39 bits per heavy atom. The highest BCUT2D eigenvalue weighted by molar-refractivity contribution is 5.97. The predicted molar refractivity (Wildman–Crippen MR) is 83.4 cm³/mol. The molecule has 1 aromatic carbocycles. The van der Waals surface area contributed by atoms with E-state index in [1.54, 1.807) is 6.07 Å². The standard InChI is InChI=1S/C16H20N2O5/c1-9(2)12-6-5-11(8-14(12)18(22)23)15(19)17-13(16(20)21)7-10-3-4-10/h5-6,8-10,13H,3-4,7H2,1-2H3,(H,17,19)(H,20,21). The molecule has 1 saturated carbocycles. The molecular formula is C16H20N2O5. The average Bonchev–Trinajstić information content (AvgIpc) is 3.29. The van der Waals surface area contributed by atoms with Crippen molar-refractivity contribution in [2.75, 3.05) is 0 Å². The maximum absolute atomic E-state index is 12.2. The number of nitro groups is 1. The van der Waals surface area contributed by atoms with Gasteiger partial charge in [-0.1, -0.05) is 32.8 Å². The van der Waals surface area contributed by atoms with E-state index in [1.165, 1.54) is 12.1 Å². The summed E-state index contributed by atoms with van der Waals surface area (Å²) in [5.41, 5.74) is 0.518. The van der Waals surface area contributed by atoms with Crippen molar-refractivity contribution in [3.63, 3.8) is 0 Å². The number of aliphatic carboxylic acids is 1. The van der Waals surface area contributed by atoms with Crippen LogP contribution in [-0.2, 0) is 4.79 Å². The minimum atomic E-state index is -1.08. The van der Waals surface area contributed by atoms with Crippen LogP contribution in [0.15, 0.2) is 18.2 Å². The van der Waals surface area contributed by atoms with Crippen LogP contribution in [0.1, 0.15) is 54.9 Å². The largest absolute Gasteiger partial charge is 0.480 e. The van der Waals surface area contributed by atoms with Crippen molar-refractivity contribution in [2.24, 2.45) is 5.92 Å². The molecule has 7 heteroatoms. The summed E-state index contributed by atoms with van der Waals surface area (Å²) in [5, 5.41) is 22.8. The first-order valence-corrected chi connectivity index (χ1v) is 7.61. The van der Waals surface area contributed by atoms with Crippen LogP contribution in [0.2, 0.25) is 0 Å². The summed E-state index contributed by atoms with van der Waals surface area (Å²) >= 11 is 0. The van der Waals surface area contributed by atoms with Crippen molar-refractivity contribution in [3.8, 4) is 0 Å². The number of carbonyl (C=O) groups is 2. The van der Waals surface area contributed by atoms with Gasteiger partial charge < -0.3 is 10.4 Å². The molecule has 0 aromatic heterocycles. The van der Waals surface area contributed by atoms with Crippen LogP contribution in [0.3, 0.4) is 0 Å². The van der Waals surface area contributed by atoms with Gasteiger partial charge in [0.05, 0.1) is 4.92 Å². The third-order valence-corrected chi connectivity index (χ3v) is 3.98. The van der Waals surface area contributed by atoms with Gasteiger partial charge >= 0.3 is 5.97 Å². The number of nitro benzene ring substituents is 1. The van der Waals surface area contributed by atoms with E-state index in [-0.39, 0.29) is 17.2 Å². The van der Waals surface area contributed by atoms with Crippen LogP contribution in [0, 0.1) is 16.0 Å². The Morgan fingerprint density at radius 2 is 2.04 bits per heavy atom. The van der Waals surface area contributed by atoms with Gasteiger partial charge in [-0.2, -0.15) is 0 Å². The molecule has 1 aromatic rings. The predicted octanol–water partition coefficient (Wildman–Crippen LogP) is 2.70. The van der Waals surface area contributed by atoms with E-state index >= 15 is 0 Å². The molecule has 1 amide bonds. The second-order valence-electron chi connectivity index (χ2n) is 6.23. The molecular weight excluding hydrogens is 300 g/mol. The lowest BCUT2D eigenvalue weighted by atomic mass is 9.99. The highest BCUT2D eigenvalue weighted by Gasteiger charge is 2.30. The molecule has 1 aliphatic carbocycles. The lowest BCUT2D eigenvalue weighted by Crippen LogP contribution is -2.41. The van der Waals surface area contributed by atoms with Crippen LogP contribution in [0.5, 0.6) is 0 Å². The lowest BCUT2D eigenvalue weighted by Gasteiger charge is -2.14. The molecule has 2 rings (SSSR count). The van der Waals surface area contributed by atoms with Crippen molar-refractivity contribution < 1.29 is 19.6 Å².